The van der Waals surface area contributed by atoms with Gasteiger partial charge < -0.3 is 15.4 Å². The Morgan fingerprint density at radius 1 is 1.22 bits per heavy atom. The topological polar surface area (TPSA) is 96.5 Å². The minimum Gasteiger partial charge on any atom is -0.480 e. The molecule has 0 aromatic carbocycles. The molecule has 0 saturated carbocycles. The second-order valence-electron chi connectivity index (χ2n) is 8.84. The molecule has 2 unspecified atom stereocenters. The minimum absolute atomic E-state index is 0.0237. The van der Waals surface area contributed by atoms with E-state index in [9.17, 15) is 14.0 Å². The van der Waals surface area contributed by atoms with Gasteiger partial charge in [-0.05, 0) is 74.4 Å². The third-order valence-corrected chi connectivity index (χ3v) is 6.55. The van der Waals surface area contributed by atoms with Gasteiger partial charge in [-0.3, -0.25) is 19.5 Å². The van der Waals surface area contributed by atoms with Gasteiger partial charge in [-0.1, -0.05) is 0 Å². The average molecular weight is 439 g/mol. The monoisotopic (exact) mass is 439 g/mol. The van der Waals surface area contributed by atoms with Crippen molar-refractivity contribution in [3.63, 3.8) is 0 Å². The zero-order valence-corrected chi connectivity index (χ0v) is 18.0. The first kappa shape index (κ1) is 20.8. The number of nitrogens with one attached hydrogen (secondary N) is 2. The summed E-state index contributed by atoms with van der Waals surface area (Å²) in [6.45, 7) is 4.15. The van der Waals surface area contributed by atoms with Gasteiger partial charge in [0.05, 0.1) is 6.20 Å². The van der Waals surface area contributed by atoms with Crippen molar-refractivity contribution < 1.29 is 18.7 Å². The zero-order chi connectivity index (χ0) is 22.2. The summed E-state index contributed by atoms with van der Waals surface area (Å²) < 4.78 is 19.3. The lowest BCUT2D eigenvalue weighted by Crippen LogP contribution is -2.29. The molecule has 2 aliphatic heterocycles. The first-order chi connectivity index (χ1) is 15.5. The number of nitrogens with zero attached hydrogens (tertiary/aromatic N) is 3. The van der Waals surface area contributed by atoms with E-state index in [4.69, 9.17) is 4.74 Å². The average Bonchev–Trinajstić information content (AvgIpc) is 3.38. The first-order valence-corrected chi connectivity index (χ1v) is 11.1. The summed E-state index contributed by atoms with van der Waals surface area (Å²) in [6.07, 6.45) is 4.29. The highest BCUT2D eigenvalue weighted by atomic mass is 19.1. The van der Waals surface area contributed by atoms with Crippen LogP contribution in [0.25, 0.3) is 0 Å². The number of carbonyl (C=O) groups excluding carboxylic acids is 2. The summed E-state index contributed by atoms with van der Waals surface area (Å²) in [7, 11) is 0. The largest absolute Gasteiger partial charge is 0.480 e. The number of anilines is 2. The van der Waals surface area contributed by atoms with Crippen LogP contribution in [0.15, 0.2) is 18.3 Å². The Hall–Kier alpha value is -3.07. The molecule has 0 spiro atoms. The van der Waals surface area contributed by atoms with Crippen molar-refractivity contribution in [1.29, 1.82) is 0 Å². The Morgan fingerprint density at radius 3 is 2.91 bits per heavy atom. The molecule has 2 atom stereocenters. The quantitative estimate of drug-likeness (QED) is 0.669. The Kier molecular flexibility index (Phi) is 5.50. The van der Waals surface area contributed by atoms with Crippen molar-refractivity contribution in [2.45, 2.75) is 32.6 Å². The number of hydrogen-bond acceptors (Lipinski definition) is 6. The molecule has 3 aliphatic rings. The van der Waals surface area contributed by atoms with Crippen LogP contribution in [0.5, 0.6) is 5.75 Å². The lowest BCUT2D eigenvalue weighted by Gasteiger charge is -2.21. The van der Waals surface area contributed by atoms with Crippen LogP contribution in [0.3, 0.4) is 0 Å². The third kappa shape index (κ3) is 4.04. The Labute approximate surface area is 185 Å². The van der Waals surface area contributed by atoms with Gasteiger partial charge in [0, 0.05) is 18.7 Å². The molecule has 2 N–H and O–H groups in total. The standard InChI is InChI=1S/C23H26FN5O3/c1-13-16-6-15(7-17(16)18(24)10-26-13)9-25-5-4-14-8-22(31)29(11-14)20-3-2-19-23(27-20)28-21(30)12-32-19/h2-3,10,14-15,25H,4-9,11-12H2,1H3,(H,27,28,30). The van der Waals surface area contributed by atoms with Crippen molar-refractivity contribution in [1.82, 2.24) is 15.3 Å². The molecular weight excluding hydrogens is 413 g/mol. The van der Waals surface area contributed by atoms with Crippen molar-refractivity contribution >= 4 is 23.5 Å². The molecule has 5 rings (SSSR count). The number of amides is 2. The van der Waals surface area contributed by atoms with Crippen LogP contribution < -0.4 is 20.3 Å². The van der Waals surface area contributed by atoms with Gasteiger partial charge in [0.25, 0.3) is 5.91 Å². The smallest absolute Gasteiger partial charge is 0.263 e. The highest BCUT2D eigenvalue weighted by molar-refractivity contribution is 5.97. The number of rotatable bonds is 6. The molecule has 0 radical (unpaired) electrons. The number of fused-ring (bicyclic) bond motifs is 2. The lowest BCUT2D eigenvalue weighted by molar-refractivity contribution is -0.119. The van der Waals surface area contributed by atoms with Crippen molar-refractivity contribution in [2.75, 3.05) is 36.5 Å². The van der Waals surface area contributed by atoms with E-state index in [0.717, 1.165) is 49.2 Å². The van der Waals surface area contributed by atoms with Gasteiger partial charge >= 0.3 is 0 Å². The molecule has 4 heterocycles. The number of carbonyl (C=O) groups is 2. The summed E-state index contributed by atoms with van der Waals surface area (Å²) in [6, 6.07) is 3.49. The van der Waals surface area contributed by atoms with E-state index in [2.05, 4.69) is 20.6 Å². The fraction of sp³-hybridized carbons (Fsp3) is 0.478. The number of hydrogen-bond donors (Lipinski definition) is 2. The number of aryl methyl sites for hydroxylation is 1. The maximum absolute atomic E-state index is 14.0. The molecule has 2 amide bonds. The molecule has 8 nitrogen and oxygen atoms in total. The Bertz CT molecular complexity index is 1040. The van der Waals surface area contributed by atoms with E-state index in [1.807, 2.05) is 6.92 Å². The van der Waals surface area contributed by atoms with Crippen LogP contribution >= 0.6 is 0 Å². The van der Waals surface area contributed by atoms with Gasteiger partial charge in [-0.2, -0.15) is 0 Å². The molecule has 1 aliphatic carbocycles. The third-order valence-electron chi connectivity index (χ3n) is 6.55. The van der Waals surface area contributed by atoms with Gasteiger partial charge in [-0.25, -0.2) is 9.37 Å². The number of ether oxygens (including phenoxy) is 1. The number of aromatic nitrogens is 2. The molecule has 1 fully saturated rings. The van der Waals surface area contributed by atoms with Gasteiger partial charge in [0.15, 0.2) is 18.2 Å². The molecular formula is C23H26FN5O3. The second-order valence-corrected chi connectivity index (χ2v) is 8.84. The molecule has 168 valence electrons. The molecule has 32 heavy (non-hydrogen) atoms. The van der Waals surface area contributed by atoms with E-state index < -0.39 is 0 Å². The normalized spacial score (nSPS) is 21.9. The summed E-state index contributed by atoms with van der Waals surface area (Å²) in [4.78, 5) is 34.3. The van der Waals surface area contributed by atoms with Crippen molar-refractivity contribution in [2.24, 2.45) is 11.8 Å². The van der Waals surface area contributed by atoms with Crippen LogP contribution in [-0.2, 0) is 22.4 Å². The SMILES string of the molecule is Cc1ncc(F)c2c1CC(CNCCC1CC(=O)N(c3ccc4c(n3)NC(=O)CO4)C1)C2. The summed E-state index contributed by atoms with van der Waals surface area (Å²) in [5.74, 6) is 1.61. The fourth-order valence-corrected chi connectivity index (χ4v) is 4.87. The van der Waals surface area contributed by atoms with E-state index in [0.29, 0.717) is 36.3 Å². The highest BCUT2D eigenvalue weighted by Crippen LogP contribution is 2.32. The fourth-order valence-electron chi connectivity index (χ4n) is 4.87. The van der Waals surface area contributed by atoms with E-state index >= 15 is 0 Å². The summed E-state index contributed by atoms with van der Waals surface area (Å²) >= 11 is 0. The van der Waals surface area contributed by atoms with Gasteiger partial charge in [-0.15, -0.1) is 0 Å². The van der Waals surface area contributed by atoms with Crippen molar-refractivity contribution in [3.05, 3.63) is 41.0 Å². The van der Waals surface area contributed by atoms with Gasteiger partial charge in [0.2, 0.25) is 5.91 Å². The maximum atomic E-state index is 14.0. The lowest BCUT2D eigenvalue weighted by atomic mass is 10.0. The maximum Gasteiger partial charge on any atom is 0.263 e. The van der Waals surface area contributed by atoms with Gasteiger partial charge in [0.1, 0.15) is 11.6 Å². The summed E-state index contributed by atoms with van der Waals surface area (Å²) in [5.41, 5.74) is 2.81. The molecule has 0 bridgehead atoms. The predicted octanol–water partition coefficient (Wildman–Crippen LogP) is 2.00. The van der Waals surface area contributed by atoms with Crippen LogP contribution in [-0.4, -0.2) is 48.0 Å². The Morgan fingerprint density at radius 2 is 2.06 bits per heavy atom. The second kappa shape index (κ2) is 8.46. The van der Waals surface area contributed by atoms with Crippen LogP contribution in [0, 0.1) is 24.6 Å². The van der Waals surface area contributed by atoms with E-state index in [1.165, 1.54) is 6.20 Å². The zero-order valence-electron chi connectivity index (χ0n) is 18.0. The molecule has 9 heteroatoms. The molecule has 2 aromatic rings. The van der Waals surface area contributed by atoms with Crippen LogP contribution in [0.1, 0.15) is 29.7 Å². The molecule has 2 aromatic heterocycles. The predicted molar refractivity (Wildman–Crippen MR) is 116 cm³/mol. The summed E-state index contributed by atoms with van der Waals surface area (Å²) in [5, 5.41) is 6.17. The van der Waals surface area contributed by atoms with E-state index in [-0.39, 0.29) is 30.2 Å². The van der Waals surface area contributed by atoms with Crippen LogP contribution in [0.2, 0.25) is 0 Å². The minimum atomic E-state index is -0.252. The molecule has 1 saturated heterocycles. The number of halogens is 1. The Balaban J connectivity index is 1.11. The van der Waals surface area contributed by atoms with E-state index in [1.54, 1.807) is 17.0 Å². The van der Waals surface area contributed by atoms with Crippen LogP contribution in [0.4, 0.5) is 16.0 Å². The van der Waals surface area contributed by atoms with Crippen molar-refractivity contribution in [3.8, 4) is 5.75 Å². The highest BCUT2D eigenvalue weighted by Gasteiger charge is 2.32. The number of pyridine rings is 2. The first-order valence-electron chi connectivity index (χ1n) is 11.1.